The van der Waals surface area contributed by atoms with Crippen molar-refractivity contribution in [3.05, 3.63) is 39.7 Å². The molecule has 38 heavy (non-hydrogen) atoms. The Bertz CT molecular complexity index is 1290. The van der Waals surface area contributed by atoms with Crippen molar-refractivity contribution in [2.75, 3.05) is 11.9 Å². The average molecular weight is 555 g/mol. The zero-order chi connectivity index (χ0) is 26.6. The Balaban J connectivity index is 1.17. The number of nitrogens with one attached hydrogen (secondary N) is 2. The first-order valence-corrected chi connectivity index (χ1v) is 14.5. The highest BCUT2D eigenvalue weighted by atomic mass is 32.2. The molecule has 2 aromatic rings. The molecule has 2 N–H and O–H groups in total. The lowest BCUT2D eigenvalue weighted by atomic mass is 9.87. The van der Waals surface area contributed by atoms with Gasteiger partial charge < -0.3 is 20.1 Å². The molecule has 0 unspecified atom stereocenters. The summed E-state index contributed by atoms with van der Waals surface area (Å²) in [4.78, 5) is 46.6. The van der Waals surface area contributed by atoms with Crippen LogP contribution >= 0.6 is 23.1 Å². The van der Waals surface area contributed by atoms with E-state index in [-0.39, 0.29) is 35.7 Å². The molecule has 2 amide bonds. The van der Waals surface area contributed by atoms with Gasteiger partial charge in [-0.15, -0.1) is 0 Å². The van der Waals surface area contributed by atoms with Gasteiger partial charge in [0.05, 0.1) is 34.1 Å². The van der Waals surface area contributed by atoms with E-state index in [0.717, 1.165) is 60.4 Å². The van der Waals surface area contributed by atoms with Gasteiger partial charge in [-0.1, -0.05) is 11.3 Å². The van der Waals surface area contributed by atoms with Crippen LogP contribution in [-0.2, 0) is 19.1 Å². The molecule has 5 rings (SSSR count). The van der Waals surface area contributed by atoms with Crippen LogP contribution in [0.15, 0.2) is 34.3 Å². The van der Waals surface area contributed by atoms with Crippen molar-refractivity contribution >= 4 is 62.9 Å². The fourth-order valence-corrected chi connectivity index (χ4v) is 6.04. The summed E-state index contributed by atoms with van der Waals surface area (Å²) in [5.41, 5.74) is 1.68. The third kappa shape index (κ3) is 6.63. The van der Waals surface area contributed by atoms with Gasteiger partial charge in [-0.2, -0.15) is 0 Å². The summed E-state index contributed by atoms with van der Waals surface area (Å²) in [6, 6.07) is 5.72. The molecule has 1 saturated heterocycles. The van der Waals surface area contributed by atoms with Gasteiger partial charge in [0.25, 0.3) is 5.91 Å². The Morgan fingerprint density at radius 2 is 1.95 bits per heavy atom. The van der Waals surface area contributed by atoms with E-state index in [1.54, 1.807) is 12.3 Å². The second kappa shape index (κ2) is 11.7. The number of aromatic nitrogens is 1. The zero-order valence-electron chi connectivity index (χ0n) is 21.3. The monoisotopic (exact) mass is 554 g/mol. The fourth-order valence-electron chi connectivity index (χ4n) is 4.38. The molecular weight excluding hydrogens is 524 g/mol. The number of nitrogens with zero attached hydrogens (tertiary/aromatic N) is 2. The number of hydrogen-bond acceptors (Lipinski definition) is 9. The molecule has 0 spiro atoms. The van der Waals surface area contributed by atoms with Gasteiger partial charge in [0, 0.05) is 12.1 Å². The first kappa shape index (κ1) is 26.4. The van der Waals surface area contributed by atoms with Crippen LogP contribution < -0.4 is 15.4 Å². The maximum Gasteiger partial charge on any atom is 0.308 e. The molecule has 0 bridgehead atoms. The highest BCUT2D eigenvalue weighted by Gasteiger charge is 2.30. The average Bonchev–Trinajstić information content (AvgIpc) is 3.58. The number of esters is 1. The van der Waals surface area contributed by atoms with E-state index < -0.39 is 0 Å². The van der Waals surface area contributed by atoms with E-state index in [2.05, 4.69) is 20.6 Å². The normalized spacial score (nSPS) is 23.4. The molecule has 2 saturated carbocycles. The molecule has 11 heteroatoms. The summed E-state index contributed by atoms with van der Waals surface area (Å²) in [6.07, 6.45) is 8.53. The minimum atomic E-state index is -0.221. The maximum absolute atomic E-state index is 12.5. The van der Waals surface area contributed by atoms with Gasteiger partial charge in [-0.05, 0) is 94.0 Å². The maximum atomic E-state index is 12.5. The first-order valence-electron chi connectivity index (χ1n) is 12.9. The minimum Gasteiger partial charge on any atom is -0.490 e. The molecule has 3 aliphatic rings. The highest BCUT2D eigenvalue weighted by Crippen LogP contribution is 2.34. The number of ether oxygens (including phenoxy) is 2. The molecule has 0 radical (unpaired) electrons. The van der Waals surface area contributed by atoms with Crippen molar-refractivity contribution in [3.63, 3.8) is 0 Å². The van der Waals surface area contributed by atoms with Crippen LogP contribution in [0.3, 0.4) is 0 Å². The molecule has 1 aliphatic heterocycles. The molecule has 0 atom stereocenters. The molecule has 1 aromatic carbocycles. The molecule has 2 heterocycles. The number of aliphatic imine (C=N–C) groups is 1. The first-order chi connectivity index (χ1) is 18.4. The third-order valence-electron chi connectivity index (χ3n) is 6.61. The van der Waals surface area contributed by atoms with Crippen molar-refractivity contribution < 1.29 is 23.9 Å². The summed E-state index contributed by atoms with van der Waals surface area (Å²) in [5, 5.41) is 6.68. The van der Waals surface area contributed by atoms with E-state index in [1.165, 1.54) is 23.1 Å². The van der Waals surface area contributed by atoms with E-state index >= 15 is 0 Å². The third-order valence-corrected chi connectivity index (χ3v) is 8.38. The Morgan fingerprint density at radius 3 is 2.66 bits per heavy atom. The molecule has 3 fully saturated rings. The van der Waals surface area contributed by atoms with Crippen molar-refractivity contribution in [2.24, 2.45) is 16.8 Å². The SMILES string of the molecule is CCOC(=O)C1CCC(Oc2ccc(/N=C3/NC(=O)/C(=C/c4cnc(NC(=O)C5CC5)s4)S3)c(C)c2)CC1. The largest absolute Gasteiger partial charge is 0.490 e. The van der Waals surface area contributed by atoms with E-state index in [9.17, 15) is 14.4 Å². The number of anilines is 1. The summed E-state index contributed by atoms with van der Waals surface area (Å²) in [6.45, 7) is 4.20. The Kier molecular flexibility index (Phi) is 8.13. The van der Waals surface area contributed by atoms with Gasteiger partial charge in [0.2, 0.25) is 5.91 Å². The quantitative estimate of drug-likeness (QED) is 0.340. The van der Waals surface area contributed by atoms with Gasteiger partial charge in [0.15, 0.2) is 10.3 Å². The molecule has 200 valence electrons. The standard InChI is InChI=1S/C27H30N4O5S2/c1-3-35-25(34)17-6-8-18(9-7-17)36-19-10-11-21(15(2)12-19)29-27-31-24(33)22(38-27)13-20-14-28-26(37-20)30-23(32)16-4-5-16/h10-14,16-18H,3-9H2,1-2H3,(H,28,30,32)(H,29,31,33)/b22-13-. The van der Waals surface area contributed by atoms with Gasteiger partial charge in [-0.3, -0.25) is 14.4 Å². The van der Waals surface area contributed by atoms with Crippen LogP contribution in [0.2, 0.25) is 0 Å². The molecule has 2 aliphatic carbocycles. The van der Waals surface area contributed by atoms with Crippen LogP contribution in [0.5, 0.6) is 5.75 Å². The summed E-state index contributed by atoms with van der Waals surface area (Å²) in [7, 11) is 0. The van der Waals surface area contributed by atoms with Crippen molar-refractivity contribution in [1.82, 2.24) is 10.3 Å². The van der Waals surface area contributed by atoms with E-state index in [4.69, 9.17) is 9.47 Å². The number of carbonyl (C=O) groups excluding carboxylic acids is 3. The highest BCUT2D eigenvalue weighted by molar-refractivity contribution is 8.18. The van der Waals surface area contributed by atoms with Gasteiger partial charge >= 0.3 is 5.97 Å². The predicted octanol–water partition coefficient (Wildman–Crippen LogP) is 5.19. The number of thiazole rings is 1. The topological polar surface area (TPSA) is 119 Å². The lowest BCUT2D eigenvalue weighted by Crippen LogP contribution is -2.29. The summed E-state index contributed by atoms with van der Waals surface area (Å²) >= 11 is 2.60. The second-order valence-electron chi connectivity index (χ2n) is 9.60. The lowest BCUT2D eigenvalue weighted by Gasteiger charge is -2.27. The molecular formula is C27H30N4O5S2. The van der Waals surface area contributed by atoms with Crippen LogP contribution in [0.1, 0.15) is 55.9 Å². The molecule has 9 nitrogen and oxygen atoms in total. The van der Waals surface area contributed by atoms with Crippen molar-refractivity contribution in [1.29, 1.82) is 0 Å². The number of amides is 2. The number of amidine groups is 1. The van der Waals surface area contributed by atoms with Crippen LogP contribution in [0.4, 0.5) is 10.8 Å². The number of thioether (sulfide) groups is 1. The van der Waals surface area contributed by atoms with E-state index in [0.29, 0.717) is 21.8 Å². The lowest BCUT2D eigenvalue weighted by molar-refractivity contribution is -0.149. The number of benzene rings is 1. The summed E-state index contributed by atoms with van der Waals surface area (Å²) < 4.78 is 11.3. The van der Waals surface area contributed by atoms with E-state index in [1.807, 2.05) is 32.0 Å². The van der Waals surface area contributed by atoms with Crippen LogP contribution in [-0.4, -0.2) is 40.6 Å². The Morgan fingerprint density at radius 1 is 1.18 bits per heavy atom. The van der Waals surface area contributed by atoms with Crippen molar-refractivity contribution in [3.8, 4) is 5.75 Å². The van der Waals surface area contributed by atoms with Gasteiger partial charge in [-0.25, -0.2) is 9.98 Å². The number of rotatable bonds is 8. The predicted molar refractivity (Wildman–Crippen MR) is 148 cm³/mol. The molecule has 1 aromatic heterocycles. The Hall–Kier alpha value is -3.18. The van der Waals surface area contributed by atoms with Gasteiger partial charge in [0.1, 0.15) is 5.75 Å². The smallest absolute Gasteiger partial charge is 0.308 e. The number of hydrogen-bond donors (Lipinski definition) is 2. The minimum absolute atomic E-state index is 0.00845. The fraction of sp³-hybridized carbons (Fsp3) is 0.444. The number of carbonyl (C=O) groups is 3. The summed E-state index contributed by atoms with van der Waals surface area (Å²) in [5.74, 6) is 0.534. The number of aryl methyl sites for hydroxylation is 1. The van der Waals surface area contributed by atoms with Crippen molar-refractivity contribution in [2.45, 2.75) is 58.5 Å². The van der Waals surface area contributed by atoms with Crippen LogP contribution in [0, 0.1) is 18.8 Å². The van der Waals surface area contributed by atoms with Crippen LogP contribution in [0.25, 0.3) is 6.08 Å². The Labute approximate surface area is 229 Å². The second-order valence-corrected chi connectivity index (χ2v) is 11.7. The zero-order valence-corrected chi connectivity index (χ0v) is 23.0.